The molecule has 1 aromatic carbocycles. The molecule has 0 saturated heterocycles. The van der Waals surface area contributed by atoms with E-state index in [0.717, 1.165) is 12.8 Å². The SMILES string of the molecule is CCCCC(N)C(O)C(=O)NCC(=O)NC(C(=O)O)c1ccccc1. The first-order chi connectivity index (χ1) is 11.9. The minimum atomic E-state index is -1.41. The molecule has 0 aliphatic heterocycles. The number of unbranched alkanes of at least 4 members (excludes halogenated alkanes) is 1. The minimum absolute atomic E-state index is 0.413. The molecule has 2 amide bonds. The standard InChI is InChI=1S/C17H25N3O5/c1-2-3-9-12(18)15(22)16(23)19-10-13(21)20-14(17(24)25)11-7-5-4-6-8-11/h4-8,12,14-15,22H,2-3,9-10,18H2,1H3,(H,19,23)(H,20,21)(H,24,25). The summed E-state index contributed by atoms with van der Waals surface area (Å²) in [6.07, 6.45) is 0.750. The molecular weight excluding hydrogens is 326 g/mol. The number of benzene rings is 1. The van der Waals surface area contributed by atoms with Gasteiger partial charge < -0.3 is 26.6 Å². The topological polar surface area (TPSA) is 142 Å². The molecule has 0 aliphatic rings. The Morgan fingerprint density at radius 3 is 2.40 bits per heavy atom. The zero-order valence-corrected chi connectivity index (χ0v) is 14.1. The highest BCUT2D eigenvalue weighted by molar-refractivity contribution is 5.89. The number of amides is 2. The second kappa shape index (κ2) is 10.4. The molecule has 0 heterocycles. The molecule has 0 aliphatic carbocycles. The molecule has 1 rings (SSSR count). The average Bonchev–Trinajstić information content (AvgIpc) is 2.61. The zero-order chi connectivity index (χ0) is 18.8. The Labute approximate surface area is 146 Å². The monoisotopic (exact) mass is 351 g/mol. The number of carboxylic acids is 1. The van der Waals surface area contributed by atoms with Crippen LogP contribution in [0.15, 0.2) is 30.3 Å². The van der Waals surface area contributed by atoms with Gasteiger partial charge >= 0.3 is 5.97 Å². The second-order valence-electron chi connectivity index (χ2n) is 5.72. The van der Waals surface area contributed by atoms with Crippen LogP contribution in [0.1, 0.15) is 37.8 Å². The van der Waals surface area contributed by atoms with E-state index in [4.69, 9.17) is 5.73 Å². The molecule has 8 heteroatoms. The van der Waals surface area contributed by atoms with Crippen LogP contribution in [0.2, 0.25) is 0 Å². The van der Waals surface area contributed by atoms with E-state index in [1.165, 1.54) is 0 Å². The normalized spacial score (nSPS) is 14.2. The van der Waals surface area contributed by atoms with E-state index in [1.807, 2.05) is 6.92 Å². The Morgan fingerprint density at radius 1 is 1.20 bits per heavy atom. The number of carbonyl (C=O) groups is 3. The summed E-state index contributed by atoms with van der Waals surface area (Å²) in [5.74, 6) is -2.66. The summed E-state index contributed by atoms with van der Waals surface area (Å²) in [5, 5.41) is 23.6. The van der Waals surface area contributed by atoms with Crippen molar-refractivity contribution in [3.05, 3.63) is 35.9 Å². The van der Waals surface area contributed by atoms with Crippen molar-refractivity contribution in [3.8, 4) is 0 Å². The van der Waals surface area contributed by atoms with Gasteiger partial charge in [-0.2, -0.15) is 0 Å². The van der Waals surface area contributed by atoms with Gasteiger partial charge in [0.05, 0.1) is 6.54 Å². The van der Waals surface area contributed by atoms with Gasteiger partial charge in [-0.25, -0.2) is 4.79 Å². The fourth-order valence-electron chi connectivity index (χ4n) is 2.21. The Bertz CT molecular complexity index is 579. The van der Waals surface area contributed by atoms with Crippen molar-refractivity contribution in [2.24, 2.45) is 5.73 Å². The first kappa shape index (κ1) is 20.6. The lowest BCUT2D eigenvalue weighted by molar-refractivity contribution is -0.142. The summed E-state index contributed by atoms with van der Waals surface area (Å²) in [6.45, 7) is 1.52. The van der Waals surface area contributed by atoms with Crippen LogP contribution >= 0.6 is 0 Å². The molecule has 8 nitrogen and oxygen atoms in total. The molecule has 0 fully saturated rings. The molecule has 0 radical (unpaired) electrons. The van der Waals surface area contributed by atoms with E-state index in [9.17, 15) is 24.6 Å². The van der Waals surface area contributed by atoms with Crippen molar-refractivity contribution in [1.82, 2.24) is 10.6 Å². The van der Waals surface area contributed by atoms with Crippen LogP contribution in [0.5, 0.6) is 0 Å². The molecule has 3 unspecified atom stereocenters. The number of hydrogen-bond donors (Lipinski definition) is 5. The third-order valence-electron chi connectivity index (χ3n) is 3.67. The maximum atomic E-state index is 11.9. The summed E-state index contributed by atoms with van der Waals surface area (Å²) in [6, 6.07) is 6.28. The van der Waals surface area contributed by atoms with Crippen LogP contribution in [0.25, 0.3) is 0 Å². The zero-order valence-electron chi connectivity index (χ0n) is 14.1. The summed E-state index contributed by atoms with van der Waals surface area (Å²) >= 11 is 0. The van der Waals surface area contributed by atoms with E-state index >= 15 is 0 Å². The highest BCUT2D eigenvalue weighted by Gasteiger charge is 2.25. The lowest BCUT2D eigenvalue weighted by atomic mass is 10.0. The van der Waals surface area contributed by atoms with Crippen molar-refractivity contribution < 1.29 is 24.6 Å². The van der Waals surface area contributed by atoms with Crippen molar-refractivity contribution in [2.45, 2.75) is 44.4 Å². The van der Waals surface area contributed by atoms with Gasteiger partial charge in [0.15, 0.2) is 6.04 Å². The van der Waals surface area contributed by atoms with Crippen LogP contribution in [0, 0.1) is 0 Å². The summed E-state index contributed by atoms with van der Waals surface area (Å²) in [7, 11) is 0. The van der Waals surface area contributed by atoms with Crippen LogP contribution < -0.4 is 16.4 Å². The van der Waals surface area contributed by atoms with Gasteiger partial charge in [0.25, 0.3) is 5.91 Å². The van der Waals surface area contributed by atoms with Crippen LogP contribution in [-0.4, -0.2) is 46.7 Å². The van der Waals surface area contributed by atoms with E-state index in [0.29, 0.717) is 12.0 Å². The highest BCUT2D eigenvalue weighted by Crippen LogP contribution is 2.12. The quantitative estimate of drug-likeness (QED) is 0.399. The van der Waals surface area contributed by atoms with Crippen molar-refractivity contribution >= 4 is 17.8 Å². The van der Waals surface area contributed by atoms with Gasteiger partial charge in [0.2, 0.25) is 5.91 Å². The number of aliphatic hydroxyl groups excluding tert-OH is 1. The van der Waals surface area contributed by atoms with Gasteiger partial charge in [0.1, 0.15) is 6.10 Å². The fraction of sp³-hybridized carbons (Fsp3) is 0.471. The molecule has 0 aromatic heterocycles. The molecule has 138 valence electrons. The Hall–Kier alpha value is -2.45. The maximum absolute atomic E-state index is 11.9. The number of carboxylic acid groups (broad SMARTS) is 1. The average molecular weight is 351 g/mol. The lowest BCUT2D eigenvalue weighted by Crippen LogP contribution is -2.49. The third kappa shape index (κ3) is 6.90. The van der Waals surface area contributed by atoms with Crippen LogP contribution in [-0.2, 0) is 14.4 Å². The van der Waals surface area contributed by atoms with E-state index in [1.54, 1.807) is 30.3 Å². The fourth-order valence-corrected chi connectivity index (χ4v) is 2.21. The summed E-state index contributed by atoms with van der Waals surface area (Å²) < 4.78 is 0. The maximum Gasteiger partial charge on any atom is 0.330 e. The number of aliphatic hydroxyl groups is 1. The van der Waals surface area contributed by atoms with Crippen LogP contribution in [0.4, 0.5) is 0 Å². The molecule has 0 bridgehead atoms. The highest BCUT2D eigenvalue weighted by atomic mass is 16.4. The third-order valence-corrected chi connectivity index (χ3v) is 3.67. The Balaban J connectivity index is 2.52. The number of hydrogen-bond acceptors (Lipinski definition) is 5. The summed E-state index contributed by atoms with van der Waals surface area (Å²) in [4.78, 5) is 35.0. The van der Waals surface area contributed by atoms with Crippen LogP contribution in [0.3, 0.4) is 0 Å². The lowest BCUT2D eigenvalue weighted by Gasteiger charge is -2.19. The van der Waals surface area contributed by atoms with Gasteiger partial charge in [-0.15, -0.1) is 0 Å². The number of nitrogens with one attached hydrogen (secondary N) is 2. The molecule has 6 N–H and O–H groups in total. The van der Waals surface area contributed by atoms with Crippen molar-refractivity contribution in [1.29, 1.82) is 0 Å². The predicted octanol–water partition coefficient (Wildman–Crippen LogP) is -0.0769. The van der Waals surface area contributed by atoms with E-state index < -0.39 is 42.5 Å². The molecular formula is C17H25N3O5. The van der Waals surface area contributed by atoms with Crippen molar-refractivity contribution in [3.63, 3.8) is 0 Å². The molecule has 1 aromatic rings. The second-order valence-corrected chi connectivity index (χ2v) is 5.72. The first-order valence-electron chi connectivity index (χ1n) is 8.15. The smallest absolute Gasteiger partial charge is 0.330 e. The largest absolute Gasteiger partial charge is 0.479 e. The molecule has 3 atom stereocenters. The number of aliphatic carboxylic acids is 1. The number of carbonyl (C=O) groups excluding carboxylic acids is 2. The Morgan fingerprint density at radius 2 is 1.84 bits per heavy atom. The van der Waals surface area contributed by atoms with E-state index in [-0.39, 0.29) is 0 Å². The first-order valence-corrected chi connectivity index (χ1v) is 8.15. The molecule has 0 spiro atoms. The van der Waals surface area contributed by atoms with Gasteiger partial charge in [-0.05, 0) is 12.0 Å². The molecule has 0 saturated carbocycles. The van der Waals surface area contributed by atoms with Gasteiger partial charge in [-0.1, -0.05) is 50.1 Å². The molecule has 25 heavy (non-hydrogen) atoms. The van der Waals surface area contributed by atoms with Gasteiger partial charge in [0, 0.05) is 6.04 Å². The minimum Gasteiger partial charge on any atom is -0.479 e. The predicted molar refractivity (Wildman–Crippen MR) is 91.5 cm³/mol. The summed E-state index contributed by atoms with van der Waals surface area (Å²) in [5.41, 5.74) is 6.13. The van der Waals surface area contributed by atoms with E-state index in [2.05, 4.69) is 10.6 Å². The number of nitrogens with two attached hydrogens (primary N) is 1. The number of rotatable bonds is 10. The Kier molecular flexibility index (Phi) is 8.59. The van der Waals surface area contributed by atoms with Crippen molar-refractivity contribution in [2.75, 3.05) is 6.54 Å². The van der Waals surface area contributed by atoms with Gasteiger partial charge in [-0.3, -0.25) is 9.59 Å².